The third-order valence-corrected chi connectivity index (χ3v) is 6.13. The minimum atomic E-state index is -0.181. The van der Waals surface area contributed by atoms with Crippen LogP contribution in [-0.2, 0) is 0 Å². The van der Waals surface area contributed by atoms with E-state index in [0.29, 0.717) is 15.7 Å². The van der Waals surface area contributed by atoms with Crippen LogP contribution in [0.5, 0.6) is 0 Å². The standard InChI is InChI=1S/C28H21N3OS/c32-27(29-24-18-16-21(17-19-24)20-10-4-1-5-11-20)26-25(22-12-6-2-7-13-22)31-28(33-26)30-23-14-8-3-9-15-23/h1-19H,(H,29,32)(H,30,31). The molecule has 0 radical (unpaired) electrons. The maximum atomic E-state index is 13.3. The van der Waals surface area contributed by atoms with Gasteiger partial charge in [0.1, 0.15) is 4.88 Å². The predicted octanol–water partition coefficient (Wildman–Crippen LogP) is 7.47. The van der Waals surface area contributed by atoms with Gasteiger partial charge < -0.3 is 10.6 Å². The lowest BCUT2D eigenvalue weighted by Gasteiger charge is -2.07. The van der Waals surface area contributed by atoms with Crippen LogP contribution in [0, 0.1) is 0 Å². The lowest BCUT2D eigenvalue weighted by atomic mass is 10.1. The van der Waals surface area contributed by atoms with Crippen molar-refractivity contribution in [3.05, 3.63) is 120 Å². The molecule has 0 spiro atoms. The third-order valence-electron chi connectivity index (χ3n) is 5.16. The maximum absolute atomic E-state index is 13.3. The van der Waals surface area contributed by atoms with Gasteiger partial charge in [-0.1, -0.05) is 102 Å². The Hall–Kier alpha value is -4.22. The molecular weight excluding hydrogens is 426 g/mol. The van der Waals surface area contributed by atoms with E-state index < -0.39 is 0 Å². The Bertz CT molecular complexity index is 1350. The van der Waals surface area contributed by atoms with Gasteiger partial charge in [-0.05, 0) is 35.4 Å². The van der Waals surface area contributed by atoms with Crippen molar-refractivity contribution in [2.75, 3.05) is 10.6 Å². The van der Waals surface area contributed by atoms with Crippen LogP contribution < -0.4 is 10.6 Å². The monoisotopic (exact) mass is 447 g/mol. The molecule has 0 bridgehead atoms. The minimum absolute atomic E-state index is 0.181. The zero-order valence-electron chi connectivity index (χ0n) is 17.7. The first-order valence-corrected chi connectivity index (χ1v) is 11.4. The van der Waals surface area contributed by atoms with Gasteiger partial charge >= 0.3 is 0 Å². The highest BCUT2D eigenvalue weighted by molar-refractivity contribution is 7.18. The van der Waals surface area contributed by atoms with Crippen LogP contribution in [0.1, 0.15) is 9.67 Å². The summed E-state index contributed by atoms with van der Waals surface area (Å²) in [4.78, 5) is 18.6. The first-order valence-electron chi connectivity index (χ1n) is 10.6. The second-order valence-corrected chi connectivity index (χ2v) is 8.45. The first kappa shape index (κ1) is 20.7. The Morgan fingerprint density at radius 3 is 1.79 bits per heavy atom. The number of benzene rings is 4. The van der Waals surface area contributed by atoms with Crippen molar-refractivity contribution in [2.24, 2.45) is 0 Å². The Morgan fingerprint density at radius 2 is 1.15 bits per heavy atom. The van der Waals surface area contributed by atoms with Crippen LogP contribution in [0.25, 0.3) is 22.4 Å². The van der Waals surface area contributed by atoms with E-state index in [1.54, 1.807) is 0 Å². The number of thiazole rings is 1. The number of hydrogen-bond donors (Lipinski definition) is 2. The van der Waals surface area contributed by atoms with Gasteiger partial charge in [-0.25, -0.2) is 4.98 Å². The number of rotatable bonds is 6. The van der Waals surface area contributed by atoms with Crippen LogP contribution in [0.2, 0.25) is 0 Å². The van der Waals surface area contributed by atoms with E-state index in [2.05, 4.69) is 22.8 Å². The molecule has 0 fully saturated rings. The lowest BCUT2D eigenvalue weighted by molar-refractivity contribution is 0.103. The van der Waals surface area contributed by atoms with Crippen LogP contribution in [-0.4, -0.2) is 10.9 Å². The summed E-state index contributed by atoms with van der Waals surface area (Å²) < 4.78 is 0. The van der Waals surface area contributed by atoms with Gasteiger partial charge in [0, 0.05) is 16.9 Å². The smallest absolute Gasteiger partial charge is 0.268 e. The maximum Gasteiger partial charge on any atom is 0.268 e. The summed E-state index contributed by atoms with van der Waals surface area (Å²) in [6.07, 6.45) is 0. The molecule has 0 atom stereocenters. The molecule has 0 unspecified atom stereocenters. The number of para-hydroxylation sites is 1. The number of nitrogens with one attached hydrogen (secondary N) is 2. The number of carbonyl (C=O) groups excluding carboxylic acids is 1. The molecule has 0 aliphatic rings. The molecule has 1 aromatic heterocycles. The van der Waals surface area contributed by atoms with E-state index in [9.17, 15) is 4.79 Å². The Kier molecular flexibility index (Phi) is 5.95. The molecule has 1 heterocycles. The number of aromatic nitrogens is 1. The van der Waals surface area contributed by atoms with E-state index in [-0.39, 0.29) is 5.91 Å². The molecule has 1 amide bonds. The van der Waals surface area contributed by atoms with Crippen LogP contribution in [0.15, 0.2) is 115 Å². The summed E-state index contributed by atoms with van der Waals surface area (Å²) in [5.74, 6) is -0.181. The van der Waals surface area contributed by atoms with Gasteiger partial charge in [-0.2, -0.15) is 0 Å². The van der Waals surface area contributed by atoms with Crippen LogP contribution in [0.4, 0.5) is 16.5 Å². The van der Waals surface area contributed by atoms with Gasteiger partial charge in [-0.15, -0.1) is 0 Å². The zero-order valence-corrected chi connectivity index (χ0v) is 18.5. The van der Waals surface area contributed by atoms with Crippen molar-refractivity contribution in [2.45, 2.75) is 0 Å². The van der Waals surface area contributed by atoms with Crippen molar-refractivity contribution >= 4 is 33.8 Å². The fraction of sp³-hybridized carbons (Fsp3) is 0. The molecule has 0 aliphatic carbocycles. The fourth-order valence-electron chi connectivity index (χ4n) is 3.53. The topological polar surface area (TPSA) is 54.0 Å². The number of carbonyl (C=O) groups is 1. The molecule has 0 aliphatic heterocycles. The molecule has 33 heavy (non-hydrogen) atoms. The second-order valence-electron chi connectivity index (χ2n) is 7.45. The largest absolute Gasteiger partial charge is 0.332 e. The van der Waals surface area contributed by atoms with Gasteiger partial charge in [0.15, 0.2) is 5.13 Å². The molecule has 5 heteroatoms. The van der Waals surface area contributed by atoms with Crippen molar-refractivity contribution in [1.29, 1.82) is 0 Å². The van der Waals surface area contributed by atoms with Crippen LogP contribution in [0.3, 0.4) is 0 Å². The quantitative estimate of drug-likeness (QED) is 0.284. The van der Waals surface area contributed by atoms with Gasteiger partial charge in [0.25, 0.3) is 5.91 Å². The molecule has 160 valence electrons. The molecule has 5 aromatic rings. The van der Waals surface area contributed by atoms with Crippen molar-refractivity contribution in [3.63, 3.8) is 0 Å². The van der Waals surface area contributed by atoms with Crippen molar-refractivity contribution < 1.29 is 4.79 Å². The third kappa shape index (κ3) is 4.84. The zero-order chi connectivity index (χ0) is 22.5. The predicted molar refractivity (Wildman–Crippen MR) is 137 cm³/mol. The Morgan fingerprint density at radius 1 is 0.606 bits per heavy atom. The van der Waals surface area contributed by atoms with Crippen molar-refractivity contribution in [3.8, 4) is 22.4 Å². The summed E-state index contributed by atoms with van der Waals surface area (Å²) in [6, 6.07) is 37.6. The van der Waals surface area contributed by atoms with E-state index in [4.69, 9.17) is 4.98 Å². The molecule has 4 nitrogen and oxygen atoms in total. The molecule has 0 saturated carbocycles. The molecule has 5 rings (SSSR count). The lowest BCUT2D eigenvalue weighted by Crippen LogP contribution is -2.11. The fourth-order valence-corrected chi connectivity index (χ4v) is 4.43. The average molecular weight is 448 g/mol. The van der Waals surface area contributed by atoms with Gasteiger partial charge in [-0.3, -0.25) is 4.79 Å². The average Bonchev–Trinajstić information content (AvgIpc) is 3.30. The summed E-state index contributed by atoms with van der Waals surface area (Å²) in [5.41, 5.74) is 5.47. The summed E-state index contributed by atoms with van der Waals surface area (Å²) in [7, 11) is 0. The SMILES string of the molecule is O=C(Nc1ccc(-c2ccccc2)cc1)c1sc(Nc2ccccc2)nc1-c1ccccc1. The number of anilines is 3. The highest BCUT2D eigenvalue weighted by Gasteiger charge is 2.20. The molecule has 2 N–H and O–H groups in total. The number of amides is 1. The highest BCUT2D eigenvalue weighted by atomic mass is 32.1. The highest BCUT2D eigenvalue weighted by Crippen LogP contribution is 2.33. The van der Waals surface area contributed by atoms with Gasteiger partial charge in [0.05, 0.1) is 5.69 Å². The number of nitrogens with zero attached hydrogens (tertiary/aromatic N) is 1. The molecule has 4 aromatic carbocycles. The van der Waals surface area contributed by atoms with E-state index in [1.165, 1.54) is 11.3 Å². The van der Waals surface area contributed by atoms with Crippen LogP contribution >= 0.6 is 11.3 Å². The minimum Gasteiger partial charge on any atom is -0.332 e. The van der Waals surface area contributed by atoms with Gasteiger partial charge in [0.2, 0.25) is 0 Å². The Balaban J connectivity index is 1.41. The molecule has 0 saturated heterocycles. The summed E-state index contributed by atoms with van der Waals surface area (Å²) in [6.45, 7) is 0. The first-order chi connectivity index (χ1) is 16.3. The summed E-state index contributed by atoms with van der Waals surface area (Å²) in [5, 5.41) is 7.01. The normalized spacial score (nSPS) is 10.5. The molecular formula is C28H21N3OS. The van der Waals surface area contributed by atoms with E-state index in [0.717, 1.165) is 28.1 Å². The second kappa shape index (κ2) is 9.51. The van der Waals surface area contributed by atoms with E-state index in [1.807, 2.05) is 103 Å². The van der Waals surface area contributed by atoms with Crippen molar-refractivity contribution in [1.82, 2.24) is 4.98 Å². The number of hydrogen-bond acceptors (Lipinski definition) is 4. The van der Waals surface area contributed by atoms with E-state index >= 15 is 0 Å². The Labute approximate surface area is 196 Å². The summed E-state index contributed by atoms with van der Waals surface area (Å²) >= 11 is 1.34.